The number of rotatable bonds is 6. The maximum atomic E-state index is 13.1. The van der Waals surface area contributed by atoms with Crippen molar-refractivity contribution in [2.45, 2.75) is 31.7 Å². The number of hydrogen-bond acceptors (Lipinski definition) is 10. The molecule has 41 heavy (non-hydrogen) atoms. The molecule has 0 saturated carbocycles. The third-order valence-electron chi connectivity index (χ3n) is 8.40. The molecule has 0 spiro atoms. The predicted octanol–water partition coefficient (Wildman–Crippen LogP) is 0.302. The number of nitrogens with zero attached hydrogens (tertiary/aromatic N) is 7. The van der Waals surface area contributed by atoms with E-state index < -0.39 is 17.9 Å². The van der Waals surface area contributed by atoms with Gasteiger partial charge in [0, 0.05) is 63.3 Å². The van der Waals surface area contributed by atoms with Gasteiger partial charge in [-0.3, -0.25) is 29.4 Å². The summed E-state index contributed by atoms with van der Waals surface area (Å²) in [5.74, 6) is 0.0187. The number of nitrogens with one attached hydrogen (secondary N) is 1. The summed E-state index contributed by atoms with van der Waals surface area (Å²) in [6.45, 7) is 6.61. The monoisotopic (exact) mass is 559 g/mol. The molecule has 3 aliphatic rings. The zero-order chi connectivity index (χ0) is 28.5. The summed E-state index contributed by atoms with van der Waals surface area (Å²) >= 11 is 0. The molecule has 1 aromatic carbocycles. The summed E-state index contributed by atoms with van der Waals surface area (Å²) in [7, 11) is 0. The van der Waals surface area contributed by atoms with Crippen LogP contribution in [0.5, 0.6) is 0 Å². The van der Waals surface area contributed by atoms with Crippen LogP contribution >= 0.6 is 0 Å². The van der Waals surface area contributed by atoms with Gasteiger partial charge in [-0.05, 0) is 55.5 Å². The summed E-state index contributed by atoms with van der Waals surface area (Å²) in [6, 6.07) is 8.42. The van der Waals surface area contributed by atoms with Gasteiger partial charge in [-0.1, -0.05) is 0 Å². The number of fused-ring (bicyclic) bond motifs is 1. The van der Waals surface area contributed by atoms with Crippen molar-refractivity contribution in [1.82, 2.24) is 30.2 Å². The number of carbonyl (C=O) groups is 3. The third kappa shape index (κ3) is 5.62. The first-order valence-electron chi connectivity index (χ1n) is 14.1. The Hall–Kier alpha value is -4.39. The molecule has 3 aliphatic heterocycles. The molecule has 3 aromatic rings. The lowest BCUT2D eigenvalue weighted by atomic mass is 9.96. The van der Waals surface area contributed by atoms with Gasteiger partial charge in [-0.15, -0.1) is 10.2 Å². The standard InChI is InChI=1S/C28H33N9O4/c29-26(39)22-3-5-24(33-32-22)36-9-7-18(8-10-36)17-34-11-13-35(14-12-34)20-1-2-21-19(15-20)16-30-37(28(21)41)23-4-6-25(38)31-27(23)40/h1-3,5,15-16,18,23H,4,6-14,17H2,(H2,29,39)(H,31,38,40)/t23-/m0/s1. The summed E-state index contributed by atoms with van der Waals surface area (Å²) in [5.41, 5.74) is 6.16. The zero-order valence-electron chi connectivity index (χ0n) is 22.7. The summed E-state index contributed by atoms with van der Waals surface area (Å²) in [5, 5.41) is 15.9. The molecule has 3 amide bonds. The van der Waals surface area contributed by atoms with Crippen LogP contribution in [-0.4, -0.2) is 88.4 Å². The van der Waals surface area contributed by atoms with Gasteiger partial charge >= 0.3 is 0 Å². The van der Waals surface area contributed by atoms with E-state index >= 15 is 0 Å². The van der Waals surface area contributed by atoms with Gasteiger partial charge in [-0.2, -0.15) is 5.10 Å². The van der Waals surface area contributed by atoms with Crippen molar-refractivity contribution in [3.05, 3.63) is 52.6 Å². The molecule has 0 radical (unpaired) electrons. The smallest absolute Gasteiger partial charge is 0.275 e. The van der Waals surface area contributed by atoms with Crippen molar-refractivity contribution in [1.29, 1.82) is 0 Å². The molecule has 0 bridgehead atoms. The minimum absolute atomic E-state index is 0.177. The second kappa shape index (κ2) is 11.2. The highest BCUT2D eigenvalue weighted by molar-refractivity contribution is 5.99. The van der Waals surface area contributed by atoms with Crippen LogP contribution in [0.15, 0.2) is 41.3 Å². The summed E-state index contributed by atoms with van der Waals surface area (Å²) in [4.78, 5) is 55.1. The van der Waals surface area contributed by atoms with Gasteiger partial charge < -0.3 is 15.5 Å². The third-order valence-corrected chi connectivity index (χ3v) is 8.40. The zero-order valence-corrected chi connectivity index (χ0v) is 22.7. The molecule has 3 saturated heterocycles. The van der Waals surface area contributed by atoms with Crippen LogP contribution in [0.1, 0.15) is 42.2 Å². The quantitative estimate of drug-likeness (QED) is 0.402. The number of benzene rings is 1. The molecule has 0 aliphatic carbocycles. The van der Waals surface area contributed by atoms with Gasteiger partial charge in [0.1, 0.15) is 6.04 Å². The average molecular weight is 560 g/mol. The SMILES string of the molecule is NC(=O)c1ccc(N2CCC(CN3CCN(c4ccc5c(=O)n([C@H]6CCC(=O)NC6=O)ncc5c4)CC3)CC2)nn1. The molecular formula is C28H33N9O4. The van der Waals surface area contributed by atoms with E-state index in [0.29, 0.717) is 11.3 Å². The van der Waals surface area contributed by atoms with E-state index in [1.165, 1.54) is 4.68 Å². The lowest BCUT2D eigenvalue weighted by Gasteiger charge is -2.39. The summed E-state index contributed by atoms with van der Waals surface area (Å²) in [6.07, 6.45) is 4.24. The Balaban J connectivity index is 1.02. The first kappa shape index (κ1) is 26.8. The lowest BCUT2D eigenvalue weighted by Crippen LogP contribution is -2.49. The van der Waals surface area contributed by atoms with E-state index in [1.807, 2.05) is 24.3 Å². The van der Waals surface area contributed by atoms with Crippen molar-refractivity contribution in [3.8, 4) is 0 Å². The van der Waals surface area contributed by atoms with Gasteiger partial charge in [0.25, 0.3) is 17.4 Å². The second-order valence-electron chi connectivity index (χ2n) is 11.0. The average Bonchev–Trinajstić information content (AvgIpc) is 2.98. The predicted molar refractivity (Wildman–Crippen MR) is 152 cm³/mol. The van der Waals surface area contributed by atoms with Crippen LogP contribution in [0.4, 0.5) is 11.5 Å². The number of hydrogen-bond donors (Lipinski definition) is 2. The number of imide groups is 1. The minimum atomic E-state index is -0.770. The minimum Gasteiger partial charge on any atom is -0.369 e. The fourth-order valence-corrected chi connectivity index (χ4v) is 6.01. The fourth-order valence-electron chi connectivity index (χ4n) is 6.01. The van der Waals surface area contributed by atoms with E-state index in [9.17, 15) is 19.2 Å². The van der Waals surface area contributed by atoms with E-state index in [4.69, 9.17) is 5.73 Å². The Morgan fingerprint density at radius 2 is 1.71 bits per heavy atom. The summed E-state index contributed by atoms with van der Waals surface area (Å²) < 4.78 is 1.19. The van der Waals surface area contributed by atoms with Gasteiger partial charge in [0.15, 0.2) is 11.5 Å². The molecule has 1 atom stereocenters. The molecular weight excluding hydrogens is 526 g/mol. The van der Waals surface area contributed by atoms with E-state index in [2.05, 4.69) is 35.3 Å². The number of piperidine rings is 2. The first-order valence-corrected chi connectivity index (χ1v) is 14.1. The van der Waals surface area contributed by atoms with Crippen molar-refractivity contribution in [2.75, 3.05) is 55.6 Å². The number of nitrogens with two attached hydrogens (primary N) is 1. The second-order valence-corrected chi connectivity index (χ2v) is 11.0. The molecule has 13 heteroatoms. The van der Waals surface area contributed by atoms with E-state index in [-0.39, 0.29) is 30.0 Å². The van der Waals surface area contributed by atoms with Crippen LogP contribution in [0, 0.1) is 5.92 Å². The molecule has 13 nitrogen and oxygen atoms in total. The Morgan fingerprint density at radius 1 is 0.927 bits per heavy atom. The Kier molecular flexibility index (Phi) is 7.35. The Morgan fingerprint density at radius 3 is 2.39 bits per heavy atom. The maximum Gasteiger partial charge on any atom is 0.275 e. The van der Waals surface area contributed by atoms with Crippen LogP contribution in [0.25, 0.3) is 10.8 Å². The molecule has 214 valence electrons. The van der Waals surface area contributed by atoms with Crippen molar-refractivity contribution in [2.24, 2.45) is 11.7 Å². The first-order chi connectivity index (χ1) is 19.9. The van der Waals surface area contributed by atoms with Crippen molar-refractivity contribution in [3.63, 3.8) is 0 Å². The number of aromatic nitrogens is 4. The molecule has 2 aromatic heterocycles. The highest BCUT2D eigenvalue weighted by atomic mass is 16.2. The number of primary amides is 1. The van der Waals surface area contributed by atoms with Crippen LogP contribution in [0.2, 0.25) is 0 Å². The number of carbonyl (C=O) groups excluding carboxylic acids is 3. The largest absolute Gasteiger partial charge is 0.369 e. The number of piperazine rings is 1. The fraction of sp³-hybridized carbons (Fsp3) is 0.464. The topological polar surface area (TPSA) is 160 Å². The van der Waals surface area contributed by atoms with Crippen molar-refractivity contribution < 1.29 is 14.4 Å². The Bertz CT molecular complexity index is 1520. The number of anilines is 2. The lowest BCUT2D eigenvalue weighted by molar-refractivity contribution is -0.136. The maximum absolute atomic E-state index is 13.1. The van der Waals surface area contributed by atoms with Gasteiger partial charge in [0.05, 0.1) is 11.6 Å². The number of amides is 3. The van der Waals surface area contributed by atoms with Crippen molar-refractivity contribution >= 4 is 40.0 Å². The molecule has 3 N–H and O–H groups in total. The van der Waals surface area contributed by atoms with Gasteiger partial charge in [-0.25, -0.2) is 4.68 Å². The van der Waals surface area contributed by atoms with E-state index in [1.54, 1.807) is 12.3 Å². The molecule has 5 heterocycles. The molecule has 3 fully saturated rings. The highest BCUT2D eigenvalue weighted by Crippen LogP contribution is 2.25. The Labute approximate surface area is 236 Å². The van der Waals surface area contributed by atoms with Crippen LogP contribution < -0.4 is 26.4 Å². The molecule has 6 rings (SSSR count). The van der Waals surface area contributed by atoms with E-state index in [0.717, 1.165) is 75.5 Å². The van der Waals surface area contributed by atoms with Crippen LogP contribution in [-0.2, 0) is 9.59 Å². The normalized spacial score (nSPS) is 20.8. The molecule has 0 unspecified atom stereocenters. The van der Waals surface area contributed by atoms with Crippen LogP contribution in [0.3, 0.4) is 0 Å². The van der Waals surface area contributed by atoms with Gasteiger partial charge in [0.2, 0.25) is 5.91 Å². The highest BCUT2D eigenvalue weighted by Gasteiger charge is 2.30.